The summed E-state index contributed by atoms with van der Waals surface area (Å²) in [6.45, 7) is 0.596. The summed E-state index contributed by atoms with van der Waals surface area (Å²) in [7, 11) is 0. The van der Waals surface area contributed by atoms with E-state index in [1.165, 1.54) is 0 Å². The maximum absolute atomic E-state index is 8.80. The summed E-state index contributed by atoms with van der Waals surface area (Å²) >= 11 is 0. The first-order chi connectivity index (χ1) is 10.3. The fourth-order valence-corrected chi connectivity index (χ4v) is 2.04. The third-order valence-corrected chi connectivity index (χ3v) is 3.19. The van der Waals surface area contributed by atoms with Gasteiger partial charge in [0.2, 0.25) is 17.8 Å². The molecule has 0 saturated heterocycles. The average molecular weight is 285 g/mol. The summed E-state index contributed by atoms with van der Waals surface area (Å²) in [6, 6.07) is 2.54. The van der Waals surface area contributed by atoms with Crippen LogP contribution in [0.3, 0.4) is 0 Å². The van der Waals surface area contributed by atoms with E-state index >= 15 is 0 Å². The van der Waals surface area contributed by atoms with Gasteiger partial charge in [0, 0.05) is 25.0 Å². The minimum absolute atomic E-state index is 0.284. The van der Waals surface area contributed by atoms with Gasteiger partial charge in [0.25, 0.3) is 0 Å². The zero-order valence-corrected chi connectivity index (χ0v) is 11.3. The van der Waals surface area contributed by atoms with Crippen LogP contribution in [0, 0.1) is 11.3 Å². The molecule has 0 unspecified atom stereocenters. The van der Waals surface area contributed by atoms with Crippen LogP contribution in [0.15, 0.2) is 18.7 Å². The van der Waals surface area contributed by atoms with Gasteiger partial charge in [-0.05, 0) is 12.8 Å². The van der Waals surface area contributed by atoms with Gasteiger partial charge < -0.3 is 4.90 Å². The molecule has 3 rings (SSSR count). The smallest absolute Gasteiger partial charge is 0.243 e. The molecular weight excluding hydrogens is 270 g/mol. The highest BCUT2D eigenvalue weighted by molar-refractivity contribution is 5.41. The number of hydrogen-bond donors (Lipinski definition) is 2. The number of nitrogens with one attached hydrogen (secondary N) is 1. The molecule has 0 amide bonds. The zero-order valence-electron chi connectivity index (χ0n) is 11.3. The Bertz CT molecular complexity index is 641. The Labute approximate surface area is 121 Å². The second-order valence-electron chi connectivity index (χ2n) is 4.71. The van der Waals surface area contributed by atoms with Crippen molar-refractivity contribution >= 4 is 11.9 Å². The predicted molar refractivity (Wildman–Crippen MR) is 75.4 cm³/mol. The molecule has 1 aliphatic carbocycles. The van der Waals surface area contributed by atoms with Gasteiger partial charge in [-0.25, -0.2) is 10.8 Å². The van der Waals surface area contributed by atoms with Crippen LogP contribution in [0.5, 0.6) is 0 Å². The molecule has 0 radical (unpaired) electrons. The Kier molecular flexibility index (Phi) is 3.61. The third kappa shape index (κ3) is 2.90. The topological polar surface area (TPSA) is 122 Å². The van der Waals surface area contributed by atoms with E-state index in [4.69, 9.17) is 11.1 Å². The van der Waals surface area contributed by atoms with Crippen LogP contribution in [0.25, 0.3) is 5.95 Å². The van der Waals surface area contributed by atoms with Gasteiger partial charge in [-0.3, -0.25) is 9.99 Å². The molecule has 9 heteroatoms. The summed E-state index contributed by atoms with van der Waals surface area (Å²) in [5.74, 6) is 6.68. The number of aromatic nitrogens is 5. The Morgan fingerprint density at radius 2 is 2.29 bits per heavy atom. The summed E-state index contributed by atoms with van der Waals surface area (Å²) < 4.78 is 1.68. The Hall–Kier alpha value is -2.73. The summed E-state index contributed by atoms with van der Waals surface area (Å²) in [5.41, 5.74) is 2.45. The lowest BCUT2D eigenvalue weighted by Crippen LogP contribution is -2.30. The first-order valence-corrected chi connectivity index (χ1v) is 6.66. The molecule has 108 valence electrons. The SMILES string of the molecule is N#CCCN(c1nc(NN)nc(-n2ccnc2)n1)C1CC1. The van der Waals surface area contributed by atoms with E-state index in [0.717, 1.165) is 12.8 Å². The molecule has 0 bridgehead atoms. The summed E-state index contributed by atoms with van der Waals surface area (Å²) in [4.78, 5) is 19.0. The largest absolute Gasteiger partial charge is 0.337 e. The van der Waals surface area contributed by atoms with Gasteiger partial charge in [-0.15, -0.1) is 0 Å². The number of nitrogens with two attached hydrogens (primary N) is 1. The van der Waals surface area contributed by atoms with Crippen molar-refractivity contribution in [2.75, 3.05) is 16.9 Å². The van der Waals surface area contributed by atoms with Crippen LogP contribution in [0.2, 0.25) is 0 Å². The van der Waals surface area contributed by atoms with E-state index in [2.05, 4.69) is 31.4 Å². The molecule has 0 spiro atoms. The van der Waals surface area contributed by atoms with Crippen molar-refractivity contribution in [2.24, 2.45) is 5.84 Å². The molecule has 2 heterocycles. The number of rotatable bonds is 6. The Morgan fingerprint density at radius 1 is 1.43 bits per heavy atom. The van der Waals surface area contributed by atoms with Gasteiger partial charge in [0.1, 0.15) is 6.33 Å². The van der Waals surface area contributed by atoms with E-state index in [0.29, 0.717) is 30.9 Å². The minimum atomic E-state index is 0.284. The lowest BCUT2D eigenvalue weighted by atomic mass is 10.4. The molecule has 3 N–H and O–H groups in total. The van der Waals surface area contributed by atoms with Crippen molar-refractivity contribution in [1.29, 1.82) is 5.26 Å². The van der Waals surface area contributed by atoms with Crippen LogP contribution in [0.4, 0.5) is 11.9 Å². The molecule has 0 atom stereocenters. The second kappa shape index (κ2) is 5.72. The molecule has 2 aromatic heterocycles. The number of nitrogen functional groups attached to an aromatic ring is 1. The quantitative estimate of drug-likeness (QED) is 0.571. The van der Waals surface area contributed by atoms with Crippen molar-refractivity contribution in [1.82, 2.24) is 24.5 Å². The summed E-state index contributed by atoms with van der Waals surface area (Å²) in [5, 5.41) is 8.80. The van der Waals surface area contributed by atoms with Crippen LogP contribution in [0.1, 0.15) is 19.3 Å². The van der Waals surface area contributed by atoms with E-state index < -0.39 is 0 Å². The standard InChI is InChI=1S/C12H15N9/c13-4-1-6-21(9-2-3-9)12-17-10(19-14)16-11(18-12)20-7-5-15-8-20/h5,7-9H,1-3,6,14H2,(H,16,17,18,19). The van der Waals surface area contributed by atoms with Crippen molar-refractivity contribution in [2.45, 2.75) is 25.3 Å². The molecule has 0 aromatic carbocycles. The highest BCUT2D eigenvalue weighted by Gasteiger charge is 2.31. The number of hydrogen-bond acceptors (Lipinski definition) is 8. The lowest BCUT2D eigenvalue weighted by Gasteiger charge is -2.21. The van der Waals surface area contributed by atoms with Crippen molar-refractivity contribution in [3.63, 3.8) is 0 Å². The maximum atomic E-state index is 8.80. The Balaban J connectivity index is 1.96. The third-order valence-electron chi connectivity index (χ3n) is 3.19. The number of anilines is 2. The molecule has 2 aromatic rings. The minimum Gasteiger partial charge on any atom is -0.337 e. The van der Waals surface area contributed by atoms with E-state index in [1.807, 2.05) is 4.90 Å². The molecule has 9 nitrogen and oxygen atoms in total. The fourth-order valence-electron chi connectivity index (χ4n) is 2.04. The van der Waals surface area contributed by atoms with Crippen LogP contribution in [-0.4, -0.2) is 37.1 Å². The second-order valence-corrected chi connectivity index (χ2v) is 4.71. The number of imidazole rings is 1. The molecule has 21 heavy (non-hydrogen) atoms. The maximum Gasteiger partial charge on any atom is 0.243 e. The zero-order chi connectivity index (χ0) is 14.7. The van der Waals surface area contributed by atoms with Crippen LogP contribution < -0.4 is 16.2 Å². The van der Waals surface area contributed by atoms with Gasteiger partial charge >= 0.3 is 0 Å². The van der Waals surface area contributed by atoms with Gasteiger partial charge in [0.05, 0.1) is 12.5 Å². The van der Waals surface area contributed by atoms with Gasteiger partial charge in [-0.1, -0.05) is 0 Å². The van der Waals surface area contributed by atoms with E-state index in [1.54, 1.807) is 23.3 Å². The Morgan fingerprint density at radius 3 is 2.90 bits per heavy atom. The number of nitrogens with zero attached hydrogens (tertiary/aromatic N) is 7. The van der Waals surface area contributed by atoms with Gasteiger partial charge in [0.15, 0.2) is 0 Å². The first kappa shape index (κ1) is 13.3. The number of hydrazine groups is 1. The molecule has 1 saturated carbocycles. The fraction of sp³-hybridized carbons (Fsp3) is 0.417. The normalized spacial score (nSPS) is 13.7. The van der Waals surface area contributed by atoms with Gasteiger partial charge in [-0.2, -0.15) is 20.2 Å². The summed E-state index contributed by atoms with van der Waals surface area (Å²) in [6.07, 6.45) is 7.60. The molecule has 1 aliphatic rings. The first-order valence-electron chi connectivity index (χ1n) is 6.66. The molecule has 1 fully saturated rings. The molecule has 0 aliphatic heterocycles. The van der Waals surface area contributed by atoms with E-state index in [-0.39, 0.29) is 5.95 Å². The lowest BCUT2D eigenvalue weighted by molar-refractivity contribution is 0.746. The number of nitriles is 1. The van der Waals surface area contributed by atoms with Crippen LogP contribution in [-0.2, 0) is 0 Å². The monoisotopic (exact) mass is 285 g/mol. The van der Waals surface area contributed by atoms with Crippen molar-refractivity contribution < 1.29 is 0 Å². The highest BCUT2D eigenvalue weighted by Crippen LogP contribution is 2.30. The van der Waals surface area contributed by atoms with Crippen LogP contribution >= 0.6 is 0 Å². The van der Waals surface area contributed by atoms with E-state index in [9.17, 15) is 0 Å². The average Bonchev–Trinajstić information content (AvgIpc) is 3.20. The predicted octanol–water partition coefficient (Wildman–Crippen LogP) is 0.225. The van der Waals surface area contributed by atoms with Crippen molar-refractivity contribution in [3.05, 3.63) is 18.7 Å². The highest BCUT2D eigenvalue weighted by atomic mass is 15.4. The van der Waals surface area contributed by atoms with Crippen molar-refractivity contribution in [3.8, 4) is 12.0 Å². The molecular formula is C12H15N9.